The van der Waals surface area contributed by atoms with Gasteiger partial charge in [-0.05, 0) is 18.8 Å². The molecule has 0 aromatic rings. The molecule has 9 heavy (non-hydrogen) atoms. The van der Waals surface area contributed by atoms with Crippen LogP contribution in [0.15, 0.2) is 0 Å². The molecular formula is C7H8O2. The van der Waals surface area contributed by atoms with E-state index in [1.165, 1.54) is 6.42 Å². The summed E-state index contributed by atoms with van der Waals surface area (Å²) in [5.41, 5.74) is 0. The Balaban J connectivity index is 2.06. The van der Waals surface area contributed by atoms with E-state index in [0.717, 1.165) is 6.42 Å². The van der Waals surface area contributed by atoms with Crippen LogP contribution >= 0.6 is 0 Å². The van der Waals surface area contributed by atoms with Crippen LogP contribution in [-0.2, 0) is 9.53 Å². The van der Waals surface area contributed by atoms with Gasteiger partial charge in [-0.15, -0.1) is 0 Å². The summed E-state index contributed by atoms with van der Waals surface area (Å²) in [5, 5.41) is 0. The number of fused-ring (bicyclic) bond motifs is 1. The minimum atomic E-state index is 0.0185. The van der Waals surface area contributed by atoms with E-state index >= 15 is 0 Å². The summed E-state index contributed by atoms with van der Waals surface area (Å²) in [7, 11) is 0. The Bertz CT molecular complexity index is 179. The molecule has 0 N–H and O–H groups in total. The molecule has 2 heterocycles. The monoisotopic (exact) mass is 124 g/mol. The van der Waals surface area contributed by atoms with Crippen molar-refractivity contribution >= 4 is 5.78 Å². The molecule has 4 rings (SSSR count). The first kappa shape index (κ1) is 4.45. The molecule has 4 aliphatic rings. The highest BCUT2D eigenvalue weighted by atomic mass is 16.5. The Morgan fingerprint density at radius 2 is 2.33 bits per heavy atom. The fourth-order valence-corrected chi connectivity index (χ4v) is 2.27. The minimum Gasteiger partial charge on any atom is -0.366 e. The predicted octanol–water partition coefficient (Wildman–Crippen LogP) is 0.363. The maximum Gasteiger partial charge on any atom is 0.167 e. The third-order valence-electron chi connectivity index (χ3n) is 2.83. The van der Waals surface area contributed by atoms with Crippen molar-refractivity contribution < 1.29 is 9.53 Å². The largest absolute Gasteiger partial charge is 0.366 e. The molecule has 0 radical (unpaired) electrons. The van der Waals surface area contributed by atoms with E-state index in [9.17, 15) is 4.79 Å². The number of hydrogen-bond donors (Lipinski definition) is 0. The molecule has 4 bridgehead atoms. The molecule has 0 aromatic carbocycles. The van der Waals surface area contributed by atoms with Crippen LogP contribution in [0.2, 0.25) is 0 Å². The molecule has 2 heteroatoms. The minimum absolute atomic E-state index is 0.0185. The summed E-state index contributed by atoms with van der Waals surface area (Å²) in [5.74, 6) is 1.39. The van der Waals surface area contributed by atoms with E-state index in [0.29, 0.717) is 23.7 Å². The van der Waals surface area contributed by atoms with Gasteiger partial charge in [-0.1, -0.05) is 0 Å². The molecule has 2 saturated carbocycles. The molecule has 4 atom stereocenters. The Hall–Kier alpha value is -0.370. The molecular weight excluding hydrogens is 116 g/mol. The number of carbonyl (C=O) groups is 1. The lowest BCUT2D eigenvalue weighted by molar-refractivity contribution is -0.129. The van der Waals surface area contributed by atoms with Gasteiger partial charge in [0.2, 0.25) is 0 Å². The number of carbonyl (C=O) groups excluding carboxylic acids is 1. The molecule has 4 unspecified atom stereocenters. The summed E-state index contributed by atoms with van der Waals surface area (Å²) in [6.45, 7) is 0. The number of Topliss-reactive ketones (excluding diaryl/α,β-unsaturated/α-hetero) is 1. The topological polar surface area (TPSA) is 26.3 Å². The Kier molecular flexibility index (Phi) is 0.533. The van der Waals surface area contributed by atoms with Crippen LogP contribution in [0.1, 0.15) is 12.8 Å². The zero-order valence-corrected chi connectivity index (χ0v) is 5.04. The fourth-order valence-electron chi connectivity index (χ4n) is 2.27. The highest BCUT2D eigenvalue weighted by Crippen LogP contribution is 2.56. The highest BCUT2D eigenvalue weighted by Gasteiger charge is 2.66. The van der Waals surface area contributed by atoms with Crippen molar-refractivity contribution in [2.45, 2.75) is 25.0 Å². The van der Waals surface area contributed by atoms with Gasteiger partial charge in [0, 0.05) is 0 Å². The molecule has 48 valence electrons. The predicted molar refractivity (Wildman–Crippen MR) is 29.9 cm³/mol. The summed E-state index contributed by atoms with van der Waals surface area (Å²) in [6, 6.07) is 0. The molecule has 0 aromatic heterocycles. The zero-order valence-electron chi connectivity index (χ0n) is 5.04. The Morgan fingerprint density at radius 3 is 2.67 bits per heavy atom. The van der Waals surface area contributed by atoms with E-state index < -0.39 is 0 Å². The number of ether oxygens (including phenoxy) is 1. The van der Waals surface area contributed by atoms with Crippen molar-refractivity contribution in [1.29, 1.82) is 0 Å². The van der Waals surface area contributed by atoms with Crippen molar-refractivity contribution in [2.75, 3.05) is 0 Å². The van der Waals surface area contributed by atoms with Crippen molar-refractivity contribution in [3.05, 3.63) is 0 Å². The first-order valence-corrected chi connectivity index (χ1v) is 3.57. The molecule has 2 saturated heterocycles. The summed E-state index contributed by atoms with van der Waals surface area (Å²) in [4.78, 5) is 11.1. The number of hydrogen-bond acceptors (Lipinski definition) is 2. The van der Waals surface area contributed by atoms with Crippen LogP contribution in [0.4, 0.5) is 0 Å². The second-order valence-corrected chi connectivity index (χ2v) is 3.26. The lowest BCUT2D eigenvalue weighted by Crippen LogP contribution is -2.27. The standard InChI is InChI=1S/C7H8O2/c8-6-4-2-1-3-5(6)7(3)9-4/h3-5,7H,1-2H2. The maximum absolute atomic E-state index is 11.1. The van der Waals surface area contributed by atoms with E-state index in [4.69, 9.17) is 4.74 Å². The lowest BCUT2D eigenvalue weighted by atomic mass is 9.96. The van der Waals surface area contributed by atoms with Gasteiger partial charge in [0.05, 0.1) is 12.0 Å². The van der Waals surface area contributed by atoms with Gasteiger partial charge >= 0.3 is 0 Å². The molecule has 2 aliphatic heterocycles. The third kappa shape index (κ3) is 0.341. The zero-order chi connectivity index (χ0) is 6.01. The van der Waals surface area contributed by atoms with Crippen LogP contribution < -0.4 is 0 Å². The average molecular weight is 124 g/mol. The van der Waals surface area contributed by atoms with Crippen molar-refractivity contribution in [2.24, 2.45) is 11.8 Å². The first-order chi connectivity index (χ1) is 4.38. The molecule has 4 fully saturated rings. The van der Waals surface area contributed by atoms with Gasteiger partial charge in [0.25, 0.3) is 0 Å². The smallest absolute Gasteiger partial charge is 0.167 e. The Morgan fingerprint density at radius 1 is 1.44 bits per heavy atom. The van der Waals surface area contributed by atoms with Crippen molar-refractivity contribution in [3.8, 4) is 0 Å². The van der Waals surface area contributed by atoms with Gasteiger partial charge in [-0.3, -0.25) is 4.79 Å². The van der Waals surface area contributed by atoms with E-state index in [-0.39, 0.29) is 6.10 Å². The van der Waals surface area contributed by atoms with Gasteiger partial charge in [-0.25, -0.2) is 0 Å². The third-order valence-corrected chi connectivity index (χ3v) is 2.83. The molecule has 0 spiro atoms. The van der Waals surface area contributed by atoms with Crippen LogP contribution in [0.3, 0.4) is 0 Å². The lowest BCUT2D eigenvalue weighted by Gasteiger charge is -2.19. The molecule has 2 nitrogen and oxygen atoms in total. The van der Waals surface area contributed by atoms with Crippen molar-refractivity contribution in [3.63, 3.8) is 0 Å². The highest BCUT2D eigenvalue weighted by molar-refractivity contribution is 5.92. The van der Waals surface area contributed by atoms with E-state index in [1.54, 1.807) is 0 Å². The van der Waals surface area contributed by atoms with Crippen LogP contribution in [0, 0.1) is 11.8 Å². The molecule has 2 aliphatic carbocycles. The summed E-state index contributed by atoms with van der Waals surface area (Å²) in [6.07, 6.45) is 2.63. The summed E-state index contributed by atoms with van der Waals surface area (Å²) < 4.78 is 5.40. The first-order valence-electron chi connectivity index (χ1n) is 3.57. The second kappa shape index (κ2) is 1.08. The number of ketones is 1. The van der Waals surface area contributed by atoms with E-state index in [2.05, 4.69) is 0 Å². The van der Waals surface area contributed by atoms with E-state index in [1.807, 2.05) is 0 Å². The van der Waals surface area contributed by atoms with Gasteiger partial charge in [0.1, 0.15) is 6.10 Å². The van der Waals surface area contributed by atoms with Gasteiger partial charge in [-0.2, -0.15) is 0 Å². The van der Waals surface area contributed by atoms with Crippen LogP contribution in [0.5, 0.6) is 0 Å². The maximum atomic E-state index is 11.1. The quantitative estimate of drug-likeness (QED) is 0.466. The normalized spacial score (nSPS) is 60.2. The molecule has 0 amide bonds. The van der Waals surface area contributed by atoms with Gasteiger partial charge in [0.15, 0.2) is 5.78 Å². The average Bonchev–Trinajstić information content (AvgIpc) is 2.52. The summed E-state index contributed by atoms with van der Waals surface area (Å²) >= 11 is 0. The van der Waals surface area contributed by atoms with Crippen LogP contribution in [-0.4, -0.2) is 18.0 Å². The SMILES string of the molecule is O=C1C2CCC3C(O2)C13. The van der Waals surface area contributed by atoms with Crippen molar-refractivity contribution in [1.82, 2.24) is 0 Å². The fraction of sp³-hybridized carbons (Fsp3) is 0.857. The Labute approximate surface area is 53.2 Å². The number of rotatable bonds is 0. The second-order valence-electron chi connectivity index (χ2n) is 3.26. The van der Waals surface area contributed by atoms with Gasteiger partial charge < -0.3 is 4.74 Å². The van der Waals surface area contributed by atoms with Crippen LogP contribution in [0.25, 0.3) is 0 Å².